The first-order valence-electron chi connectivity index (χ1n) is 8.47. The lowest BCUT2D eigenvalue weighted by atomic mass is 10.0. The standard InChI is InChI=1S/C19H19N5O/c20-19(25)18-17(22-10-5-12-1-2-12)15-4-3-14(11-16(15)23-24-18)13-6-8-21-9-7-13/h3-4,6-9,11-12H,1-2,5,10H2,(H2,20,25)(H,22,23). The summed E-state index contributed by atoms with van der Waals surface area (Å²) in [6, 6.07) is 9.83. The molecule has 1 fully saturated rings. The van der Waals surface area contributed by atoms with Crippen LogP contribution in [-0.2, 0) is 0 Å². The molecule has 0 saturated heterocycles. The molecule has 25 heavy (non-hydrogen) atoms. The second kappa shape index (κ2) is 6.47. The summed E-state index contributed by atoms with van der Waals surface area (Å²) in [6.45, 7) is 0.803. The zero-order chi connectivity index (χ0) is 17.2. The number of rotatable bonds is 6. The van der Waals surface area contributed by atoms with Gasteiger partial charge in [-0.05, 0) is 47.7 Å². The molecule has 3 aromatic rings. The van der Waals surface area contributed by atoms with Crippen LogP contribution in [0, 0.1) is 5.92 Å². The first-order chi connectivity index (χ1) is 12.2. The van der Waals surface area contributed by atoms with Crippen molar-refractivity contribution in [2.24, 2.45) is 11.7 Å². The number of anilines is 1. The molecule has 2 aromatic heterocycles. The lowest BCUT2D eigenvalue weighted by molar-refractivity contribution is 0.0995. The van der Waals surface area contributed by atoms with Gasteiger partial charge in [0.1, 0.15) is 0 Å². The average Bonchev–Trinajstić information content (AvgIpc) is 3.46. The van der Waals surface area contributed by atoms with E-state index in [-0.39, 0.29) is 5.69 Å². The number of hydrogen-bond acceptors (Lipinski definition) is 5. The van der Waals surface area contributed by atoms with Gasteiger partial charge in [-0.25, -0.2) is 0 Å². The Hall–Kier alpha value is -3.02. The highest BCUT2D eigenvalue weighted by Gasteiger charge is 2.21. The van der Waals surface area contributed by atoms with Crippen molar-refractivity contribution >= 4 is 22.5 Å². The lowest BCUT2D eigenvalue weighted by Crippen LogP contribution is -2.18. The van der Waals surface area contributed by atoms with Crippen LogP contribution in [0.4, 0.5) is 5.69 Å². The normalized spacial score (nSPS) is 13.8. The highest BCUT2D eigenvalue weighted by molar-refractivity contribution is 6.05. The van der Waals surface area contributed by atoms with Crippen LogP contribution >= 0.6 is 0 Å². The number of nitrogens with one attached hydrogen (secondary N) is 1. The molecular formula is C19H19N5O. The molecule has 1 aliphatic carbocycles. The largest absolute Gasteiger partial charge is 0.383 e. The van der Waals surface area contributed by atoms with Gasteiger partial charge in [0.05, 0.1) is 11.2 Å². The fourth-order valence-electron chi connectivity index (χ4n) is 2.99. The number of nitrogens with two attached hydrogens (primary N) is 1. The zero-order valence-electron chi connectivity index (χ0n) is 13.8. The van der Waals surface area contributed by atoms with Crippen LogP contribution in [-0.4, -0.2) is 27.6 Å². The molecule has 126 valence electrons. The van der Waals surface area contributed by atoms with Gasteiger partial charge in [0.15, 0.2) is 5.69 Å². The minimum Gasteiger partial charge on any atom is -0.383 e. The van der Waals surface area contributed by atoms with Crippen molar-refractivity contribution in [3.63, 3.8) is 0 Å². The lowest BCUT2D eigenvalue weighted by Gasteiger charge is -2.12. The smallest absolute Gasteiger partial charge is 0.271 e. The number of aromatic nitrogens is 3. The molecule has 4 rings (SSSR count). The van der Waals surface area contributed by atoms with Gasteiger partial charge >= 0.3 is 0 Å². The van der Waals surface area contributed by atoms with Crippen LogP contribution in [0.15, 0.2) is 42.7 Å². The summed E-state index contributed by atoms with van der Waals surface area (Å²) < 4.78 is 0. The number of carbonyl (C=O) groups excluding carboxylic acids is 1. The SMILES string of the molecule is NC(=O)c1nnc2cc(-c3ccncc3)ccc2c1NCCC1CC1. The van der Waals surface area contributed by atoms with E-state index in [2.05, 4.69) is 20.5 Å². The van der Waals surface area contributed by atoms with Crippen molar-refractivity contribution in [2.45, 2.75) is 19.3 Å². The van der Waals surface area contributed by atoms with Crippen LogP contribution in [0.2, 0.25) is 0 Å². The Morgan fingerprint density at radius 1 is 1.12 bits per heavy atom. The van der Waals surface area contributed by atoms with Crippen molar-refractivity contribution in [3.05, 3.63) is 48.4 Å². The quantitative estimate of drug-likeness (QED) is 0.723. The molecule has 0 unspecified atom stereocenters. The molecule has 2 heterocycles. The number of carbonyl (C=O) groups is 1. The first kappa shape index (κ1) is 15.5. The van der Waals surface area contributed by atoms with E-state index in [1.54, 1.807) is 12.4 Å². The van der Waals surface area contributed by atoms with Gasteiger partial charge in [-0.2, -0.15) is 0 Å². The monoisotopic (exact) mass is 333 g/mol. The maximum atomic E-state index is 11.7. The Morgan fingerprint density at radius 3 is 2.64 bits per heavy atom. The molecule has 0 bridgehead atoms. The molecule has 1 aromatic carbocycles. The summed E-state index contributed by atoms with van der Waals surface area (Å²) >= 11 is 0. The van der Waals surface area contributed by atoms with Crippen LogP contribution in [0.25, 0.3) is 22.0 Å². The van der Waals surface area contributed by atoms with Gasteiger partial charge < -0.3 is 11.1 Å². The van der Waals surface area contributed by atoms with Gasteiger partial charge in [0.25, 0.3) is 5.91 Å². The van der Waals surface area contributed by atoms with Crippen molar-refractivity contribution in [1.29, 1.82) is 0 Å². The highest BCUT2D eigenvalue weighted by atomic mass is 16.1. The second-order valence-corrected chi connectivity index (χ2v) is 6.41. The fraction of sp³-hybridized carbons (Fsp3) is 0.263. The van der Waals surface area contributed by atoms with E-state index in [1.165, 1.54) is 12.8 Å². The van der Waals surface area contributed by atoms with Crippen LogP contribution < -0.4 is 11.1 Å². The molecule has 6 nitrogen and oxygen atoms in total. The molecule has 1 saturated carbocycles. The molecular weight excluding hydrogens is 314 g/mol. The molecule has 0 spiro atoms. The molecule has 1 aliphatic rings. The second-order valence-electron chi connectivity index (χ2n) is 6.41. The summed E-state index contributed by atoms with van der Waals surface area (Å²) in [5.41, 5.74) is 9.17. The number of pyridine rings is 1. The third kappa shape index (κ3) is 3.28. The third-order valence-corrected chi connectivity index (χ3v) is 4.56. The molecule has 0 aliphatic heterocycles. The van der Waals surface area contributed by atoms with E-state index in [1.807, 2.05) is 30.3 Å². The number of primary amides is 1. The Labute approximate surface area is 145 Å². The molecule has 0 atom stereocenters. The van der Waals surface area contributed by atoms with E-state index in [0.29, 0.717) is 5.69 Å². The van der Waals surface area contributed by atoms with E-state index >= 15 is 0 Å². The van der Waals surface area contributed by atoms with Gasteiger partial charge in [-0.3, -0.25) is 9.78 Å². The van der Waals surface area contributed by atoms with Gasteiger partial charge in [-0.15, -0.1) is 10.2 Å². The third-order valence-electron chi connectivity index (χ3n) is 4.56. The minimum absolute atomic E-state index is 0.194. The van der Waals surface area contributed by atoms with Crippen molar-refractivity contribution in [3.8, 4) is 11.1 Å². The summed E-state index contributed by atoms with van der Waals surface area (Å²) in [5, 5.41) is 12.5. The Balaban J connectivity index is 1.73. The van der Waals surface area contributed by atoms with E-state index in [4.69, 9.17) is 5.73 Å². The summed E-state index contributed by atoms with van der Waals surface area (Å²) in [5.74, 6) is 0.241. The Morgan fingerprint density at radius 2 is 1.92 bits per heavy atom. The maximum Gasteiger partial charge on any atom is 0.271 e. The number of hydrogen-bond donors (Lipinski definition) is 2. The predicted molar refractivity (Wildman–Crippen MR) is 97.1 cm³/mol. The number of fused-ring (bicyclic) bond motifs is 1. The predicted octanol–water partition coefficient (Wildman–Crippen LogP) is 3.00. The van der Waals surface area contributed by atoms with Crippen molar-refractivity contribution < 1.29 is 4.79 Å². The van der Waals surface area contributed by atoms with Crippen molar-refractivity contribution in [2.75, 3.05) is 11.9 Å². The number of benzene rings is 1. The summed E-state index contributed by atoms with van der Waals surface area (Å²) in [6.07, 6.45) is 7.21. The topological polar surface area (TPSA) is 93.8 Å². The van der Waals surface area contributed by atoms with E-state index in [0.717, 1.165) is 40.9 Å². The van der Waals surface area contributed by atoms with Crippen LogP contribution in [0.5, 0.6) is 0 Å². The Bertz CT molecular complexity index is 922. The first-order valence-corrected chi connectivity index (χ1v) is 8.47. The summed E-state index contributed by atoms with van der Waals surface area (Å²) in [7, 11) is 0. The van der Waals surface area contributed by atoms with Gasteiger partial charge in [0.2, 0.25) is 0 Å². The summed E-state index contributed by atoms with van der Waals surface area (Å²) in [4.78, 5) is 15.8. The number of nitrogens with zero attached hydrogens (tertiary/aromatic N) is 3. The fourth-order valence-corrected chi connectivity index (χ4v) is 2.99. The van der Waals surface area contributed by atoms with Gasteiger partial charge in [0, 0.05) is 24.3 Å². The Kier molecular flexibility index (Phi) is 4.01. The minimum atomic E-state index is -0.568. The molecule has 6 heteroatoms. The van der Waals surface area contributed by atoms with E-state index < -0.39 is 5.91 Å². The molecule has 1 amide bonds. The average molecular weight is 333 g/mol. The van der Waals surface area contributed by atoms with E-state index in [9.17, 15) is 4.79 Å². The van der Waals surface area contributed by atoms with Crippen LogP contribution in [0.1, 0.15) is 29.8 Å². The molecule has 0 radical (unpaired) electrons. The number of amides is 1. The highest BCUT2D eigenvalue weighted by Crippen LogP contribution is 2.33. The maximum absolute atomic E-state index is 11.7. The van der Waals surface area contributed by atoms with Crippen molar-refractivity contribution in [1.82, 2.24) is 15.2 Å². The van der Waals surface area contributed by atoms with Gasteiger partial charge in [-0.1, -0.05) is 18.9 Å². The molecule has 3 N–H and O–H groups in total. The van der Waals surface area contributed by atoms with Crippen LogP contribution in [0.3, 0.4) is 0 Å². The zero-order valence-corrected chi connectivity index (χ0v) is 13.8.